The van der Waals surface area contributed by atoms with Crippen LogP contribution in [-0.4, -0.2) is 70.8 Å². The molecule has 4 aliphatic rings. The second-order valence-electron chi connectivity index (χ2n) is 13.3. The van der Waals surface area contributed by atoms with E-state index < -0.39 is 88.3 Å². The first-order valence-electron chi connectivity index (χ1n) is 16.0. The number of ether oxygens (including phenoxy) is 5. The first-order valence-corrected chi connectivity index (χ1v) is 16.0. The molecule has 0 radical (unpaired) electrons. The van der Waals surface area contributed by atoms with Crippen molar-refractivity contribution in [2.75, 3.05) is 6.61 Å². The van der Waals surface area contributed by atoms with Gasteiger partial charge in [-0.05, 0) is 44.4 Å². The van der Waals surface area contributed by atoms with Crippen molar-refractivity contribution in [1.82, 2.24) is 4.98 Å². The lowest BCUT2D eigenvalue weighted by atomic mass is 9.55. The number of esters is 4. The molecule has 2 bridgehead atoms. The molecule has 2 heterocycles. The monoisotopic (exact) mass is 637 g/mol. The number of allylic oxidation sites excluding steroid dienone is 2. The maximum absolute atomic E-state index is 15.2. The van der Waals surface area contributed by atoms with E-state index >= 15 is 4.79 Å². The standard InChI is InChI=1S/C35H43NO10/c1-8-11-26(39)45-30-27-28(44-25(38)9-2)20(5)16-35(27,46-21(6)37)32(41)33(7)29-23(19(3)4)13-14-24(34(29,30)18-42-33)43-31(40)22-12-10-15-36-17-22/h10,12-15,17,20,23-24,27-30H,3,8-9,11,16,18H2,1-2,4-7H3. The molecule has 10 atom stereocenters. The summed E-state index contributed by atoms with van der Waals surface area (Å²) in [5.74, 6) is -5.82. The van der Waals surface area contributed by atoms with Crippen LogP contribution in [0.15, 0.2) is 48.8 Å². The second kappa shape index (κ2) is 12.4. The summed E-state index contributed by atoms with van der Waals surface area (Å²) in [7, 11) is 0. The highest BCUT2D eigenvalue weighted by Crippen LogP contribution is 2.67. The third-order valence-corrected chi connectivity index (χ3v) is 10.2. The molecule has 1 aliphatic heterocycles. The molecular formula is C35H43NO10. The number of pyridine rings is 1. The van der Waals surface area contributed by atoms with E-state index in [1.165, 1.54) is 19.3 Å². The van der Waals surface area contributed by atoms with Crippen molar-refractivity contribution in [1.29, 1.82) is 0 Å². The van der Waals surface area contributed by atoms with E-state index in [-0.39, 0.29) is 31.4 Å². The van der Waals surface area contributed by atoms with Crippen LogP contribution in [0.3, 0.4) is 0 Å². The summed E-state index contributed by atoms with van der Waals surface area (Å²) >= 11 is 0. The van der Waals surface area contributed by atoms with Crippen LogP contribution in [0.1, 0.15) is 77.6 Å². The molecule has 11 nitrogen and oxygen atoms in total. The SMILES string of the molecule is C=C(C)C1C=CC(OC(=O)c2cccnc2)C23COC(C)(C(=O)C4(OC(C)=O)CC(C)C(OC(=O)CC)C4C2OC(=O)CCC)C13. The predicted octanol–water partition coefficient (Wildman–Crippen LogP) is 4.33. The summed E-state index contributed by atoms with van der Waals surface area (Å²) in [4.78, 5) is 72.1. The number of rotatable bonds is 9. The fraction of sp³-hybridized carbons (Fsp3) is 0.600. The van der Waals surface area contributed by atoms with Gasteiger partial charge < -0.3 is 23.7 Å². The topological polar surface area (TPSA) is 144 Å². The van der Waals surface area contributed by atoms with Gasteiger partial charge in [0.1, 0.15) is 23.9 Å². The van der Waals surface area contributed by atoms with E-state index in [1.807, 2.05) is 26.8 Å². The van der Waals surface area contributed by atoms with E-state index in [1.54, 1.807) is 32.1 Å². The Morgan fingerprint density at radius 1 is 1.09 bits per heavy atom. The molecule has 5 rings (SSSR count). The number of carbonyl (C=O) groups is 5. The lowest BCUT2D eigenvalue weighted by molar-refractivity contribution is -0.210. The van der Waals surface area contributed by atoms with Crippen LogP contribution in [0.5, 0.6) is 0 Å². The van der Waals surface area contributed by atoms with Crippen LogP contribution in [0, 0.1) is 29.1 Å². The van der Waals surface area contributed by atoms with Gasteiger partial charge >= 0.3 is 23.9 Å². The van der Waals surface area contributed by atoms with Gasteiger partial charge in [-0.3, -0.25) is 24.2 Å². The smallest absolute Gasteiger partial charge is 0.340 e. The first-order chi connectivity index (χ1) is 21.8. The van der Waals surface area contributed by atoms with Crippen molar-refractivity contribution >= 4 is 29.7 Å². The molecule has 3 aliphatic carbocycles. The number of carbonyl (C=O) groups excluding carboxylic acids is 5. The van der Waals surface area contributed by atoms with Gasteiger partial charge in [-0.1, -0.05) is 39.0 Å². The zero-order valence-corrected chi connectivity index (χ0v) is 27.3. The molecule has 46 heavy (non-hydrogen) atoms. The van der Waals surface area contributed by atoms with E-state index in [2.05, 4.69) is 11.6 Å². The summed E-state index contributed by atoms with van der Waals surface area (Å²) in [6, 6.07) is 3.18. The number of fused-ring (bicyclic) bond motifs is 1. The number of ketones is 1. The molecule has 10 unspecified atom stereocenters. The third kappa shape index (κ3) is 5.16. The summed E-state index contributed by atoms with van der Waals surface area (Å²) in [6.45, 7) is 14.1. The van der Waals surface area contributed by atoms with E-state index in [0.29, 0.717) is 12.0 Å². The van der Waals surface area contributed by atoms with E-state index in [9.17, 15) is 19.2 Å². The summed E-state index contributed by atoms with van der Waals surface area (Å²) in [6.07, 6.45) is 3.81. The van der Waals surface area contributed by atoms with Crippen LogP contribution in [-0.2, 0) is 42.9 Å². The van der Waals surface area contributed by atoms with Crippen LogP contribution in [0.4, 0.5) is 0 Å². The zero-order chi connectivity index (χ0) is 33.6. The van der Waals surface area contributed by atoms with Crippen LogP contribution < -0.4 is 0 Å². The highest BCUT2D eigenvalue weighted by atomic mass is 16.6. The van der Waals surface area contributed by atoms with Crippen molar-refractivity contribution in [3.63, 3.8) is 0 Å². The van der Waals surface area contributed by atoms with Gasteiger partial charge in [-0.25, -0.2) is 4.79 Å². The van der Waals surface area contributed by atoms with Crippen molar-refractivity contribution in [3.8, 4) is 0 Å². The maximum Gasteiger partial charge on any atom is 0.340 e. The summed E-state index contributed by atoms with van der Waals surface area (Å²) in [5, 5.41) is 0. The average Bonchev–Trinajstić information content (AvgIpc) is 3.46. The van der Waals surface area contributed by atoms with Gasteiger partial charge in [0.25, 0.3) is 0 Å². The fourth-order valence-corrected chi connectivity index (χ4v) is 8.50. The molecule has 0 spiro atoms. The van der Waals surface area contributed by atoms with Crippen LogP contribution >= 0.6 is 0 Å². The van der Waals surface area contributed by atoms with Gasteiger partial charge in [0.05, 0.1) is 23.5 Å². The predicted molar refractivity (Wildman–Crippen MR) is 163 cm³/mol. The first kappa shape index (κ1) is 33.5. The number of aromatic nitrogens is 1. The van der Waals surface area contributed by atoms with Crippen molar-refractivity contribution in [2.24, 2.45) is 29.1 Å². The number of hydrogen-bond acceptors (Lipinski definition) is 11. The Bertz CT molecular complexity index is 1460. The molecule has 3 fully saturated rings. The Balaban J connectivity index is 1.81. The van der Waals surface area contributed by atoms with Gasteiger partial charge in [-0.2, -0.15) is 0 Å². The summed E-state index contributed by atoms with van der Waals surface area (Å²) < 4.78 is 31.3. The van der Waals surface area contributed by atoms with Gasteiger partial charge in [0.2, 0.25) is 5.78 Å². The Kier molecular flexibility index (Phi) is 9.02. The Hall–Kier alpha value is -3.86. The van der Waals surface area contributed by atoms with Gasteiger partial charge in [0.15, 0.2) is 5.60 Å². The minimum Gasteiger partial charge on any atom is -0.461 e. The number of hydrogen-bond donors (Lipinski definition) is 0. The van der Waals surface area contributed by atoms with Crippen LogP contribution in [0.2, 0.25) is 0 Å². The Morgan fingerprint density at radius 3 is 2.43 bits per heavy atom. The average molecular weight is 638 g/mol. The van der Waals surface area contributed by atoms with Gasteiger partial charge in [-0.15, -0.1) is 0 Å². The quantitative estimate of drug-likeness (QED) is 0.217. The normalized spacial score (nSPS) is 37.3. The molecule has 0 amide bonds. The Morgan fingerprint density at radius 2 is 1.83 bits per heavy atom. The maximum atomic E-state index is 15.2. The van der Waals surface area contributed by atoms with E-state index in [4.69, 9.17) is 23.7 Å². The molecule has 2 saturated carbocycles. The van der Waals surface area contributed by atoms with Crippen molar-refractivity contribution in [2.45, 2.75) is 96.7 Å². The largest absolute Gasteiger partial charge is 0.461 e. The van der Waals surface area contributed by atoms with Gasteiger partial charge in [0, 0.05) is 50.4 Å². The highest BCUT2D eigenvalue weighted by Gasteiger charge is 2.81. The fourth-order valence-electron chi connectivity index (χ4n) is 8.50. The Labute approximate surface area is 269 Å². The third-order valence-electron chi connectivity index (χ3n) is 10.2. The number of Topliss-reactive ketones (excluding diaryl/α,β-unsaturated/α-hetero) is 1. The molecule has 1 aromatic heterocycles. The molecule has 1 saturated heterocycles. The molecule has 0 aromatic carbocycles. The lowest BCUT2D eigenvalue weighted by Gasteiger charge is -2.51. The number of nitrogens with zero attached hydrogens (tertiary/aromatic N) is 1. The summed E-state index contributed by atoms with van der Waals surface area (Å²) in [5.41, 5.74) is -3.94. The van der Waals surface area contributed by atoms with Crippen molar-refractivity contribution in [3.05, 3.63) is 54.4 Å². The molecule has 0 N–H and O–H groups in total. The molecular weight excluding hydrogens is 594 g/mol. The minimum atomic E-state index is -1.88. The van der Waals surface area contributed by atoms with E-state index in [0.717, 1.165) is 0 Å². The molecule has 1 aromatic rings. The van der Waals surface area contributed by atoms with Crippen LogP contribution in [0.25, 0.3) is 0 Å². The molecule has 11 heteroatoms. The zero-order valence-electron chi connectivity index (χ0n) is 27.3. The highest BCUT2D eigenvalue weighted by molar-refractivity contribution is 5.98. The second-order valence-corrected chi connectivity index (χ2v) is 13.3. The van der Waals surface area contributed by atoms with Crippen molar-refractivity contribution < 1.29 is 47.7 Å². The lowest BCUT2D eigenvalue weighted by Crippen LogP contribution is -2.62. The minimum absolute atomic E-state index is 0.00657. The molecule has 248 valence electrons.